The van der Waals surface area contributed by atoms with Crippen LogP contribution < -0.4 is 5.32 Å². The van der Waals surface area contributed by atoms with Crippen molar-refractivity contribution in [2.24, 2.45) is 0 Å². The van der Waals surface area contributed by atoms with E-state index in [1.165, 1.54) is 49.4 Å². The van der Waals surface area contributed by atoms with Gasteiger partial charge in [0.05, 0.1) is 16.3 Å². The molecular formula is C17H15N3O7. The molecule has 10 nitrogen and oxygen atoms in total. The van der Waals surface area contributed by atoms with Crippen LogP contribution in [0.4, 0.5) is 17.1 Å². The van der Waals surface area contributed by atoms with Crippen LogP contribution in [0.5, 0.6) is 0 Å². The number of carbonyl (C=O) groups excluding carboxylic acids is 2. The molecule has 0 radical (unpaired) electrons. The number of hydrogen-bond acceptors (Lipinski definition) is 7. The van der Waals surface area contributed by atoms with Crippen LogP contribution in [0.1, 0.15) is 12.5 Å². The number of carbonyl (C=O) groups is 2. The lowest BCUT2D eigenvalue weighted by Gasteiger charge is -2.13. The average molecular weight is 373 g/mol. The fraction of sp³-hybridized carbons (Fsp3) is 0.176. The Kier molecular flexibility index (Phi) is 6.15. The SMILES string of the molecule is CC(OC(=O)Cc1ccccc1[N+](=O)[O-])C(=O)Nc1cccc([N+](=O)[O-])c1. The number of amides is 1. The van der Waals surface area contributed by atoms with Gasteiger partial charge in [-0.15, -0.1) is 0 Å². The Morgan fingerprint density at radius 2 is 1.78 bits per heavy atom. The third-order valence-electron chi connectivity index (χ3n) is 3.53. The van der Waals surface area contributed by atoms with Crippen molar-refractivity contribution in [1.29, 1.82) is 0 Å². The number of nitrogens with zero attached hydrogens (tertiary/aromatic N) is 2. The number of esters is 1. The number of hydrogen-bond donors (Lipinski definition) is 1. The van der Waals surface area contributed by atoms with Gasteiger partial charge in [0.25, 0.3) is 17.3 Å². The molecule has 1 N–H and O–H groups in total. The van der Waals surface area contributed by atoms with Crippen LogP contribution in [-0.4, -0.2) is 27.8 Å². The molecule has 2 rings (SSSR count). The first-order valence-electron chi connectivity index (χ1n) is 7.75. The molecule has 0 saturated carbocycles. The van der Waals surface area contributed by atoms with E-state index in [1.54, 1.807) is 6.07 Å². The summed E-state index contributed by atoms with van der Waals surface area (Å²) in [6.45, 7) is 1.32. The van der Waals surface area contributed by atoms with Crippen molar-refractivity contribution in [2.45, 2.75) is 19.4 Å². The Labute approximate surface area is 153 Å². The first-order valence-corrected chi connectivity index (χ1v) is 7.75. The molecule has 1 atom stereocenters. The minimum absolute atomic E-state index is 0.166. The van der Waals surface area contributed by atoms with Crippen LogP contribution in [0.25, 0.3) is 0 Å². The van der Waals surface area contributed by atoms with Gasteiger partial charge in [0.1, 0.15) is 0 Å². The Morgan fingerprint density at radius 3 is 2.44 bits per heavy atom. The monoisotopic (exact) mass is 373 g/mol. The second-order valence-corrected chi connectivity index (χ2v) is 5.49. The summed E-state index contributed by atoms with van der Waals surface area (Å²) in [4.78, 5) is 44.6. The van der Waals surface area contributed by atoms with Crippen LogP contribution in [0, 0.1) is 20.2 Å². The summed E-state index contributed by atoms with van der Waals surface area (Å²) >= 11 is 0. The number of non-ortho nitro benzene ring substituents is 1. The topological polar surface area (TPSA) is 142 Å². The van der Waals surface area contributed by atoms with Gasteiger partial charge in [-0.1, -0.05) is 24.3 Å². The summed E-state index contributed by atoms with van der Waals surface area (Å²) in [5, 5.41) is 24.1. The summed E-state index contributed by atoms with van der Waals surface area (Å²) in [5.74, 6) is -1.50. The van der Waals surface area contributed by atoms with Gasteiger partial charge in [0.2, 0.25) is 0 Å². The minimum atomic E-state index is -1.19. The molecule has 0 aliphatic rings. The first-order chi connectivity index (χ1) is 12.8. The standard InChI is InChI=1S/C17H15N3O7/c1-11(17(22)18-13-6-4-7-14(10-13)19(23)24)27-16(21)9-12-5-2-3-8-15(12)20(25)26/h2-8,10-11H,9H2,1H3,(H,18,22). The van der Waals surface area contributed by atoms with Crippen LogP contribution in [0.3, 0.4) is 0 Å². The summed E-state index contributed by atoms with van der Waals surface area (Å²) < 4.78 is 4.99. The van der Waals surface area contributed by atoms with Crippen molar-refractivity contribution >= 4 is 28.9 Å². The maximum absolute atomic E-state index is 12.1. The highest BCUT2D eigenvalue weighted by Crippen LogP contribution is 2.19. The number of nitrogens with one attached hydrogen (secondary N) is 1. The summed E-state index contributed by atoms with van der Waals surface area (Å²) in [6.07, 6.45) is -1.56. The molecule has 27 heavy (non-hydrogen) atoms. The fourth-order valence-electron chi connectivity index (χ4n) is 2.23. The van der Waals surface area contributed by atoms with Crippen molar-refractivity contribution in [3.05, 3.63) is 74.3 Å². The van der Waals surface area contributed by atoms with Crippen molar-refractivity contribution in [3.8, 4) is 0 Å². The molecule has 10 heteroatoms. The smallest absolute Gasteiger partial charge is 0.311 e. The van der Waals surface area contributed by atoms with E-state index in [2.05, 4.69) is 5.32 Å². The van der Waals surface area contributed by atoms with Crippen LogP contribution in [-0.2, 0) is 20.7 Å². The van der Waals surface area contributed by atoms with Gasteiger partial charge in [0.15, 0.2) is 6.10 Å². The summed E-state index contributed by atoms with van der Waals surface area (Å²) in [7, 11) is 0. The third-order valence-corrected chi connectivity index (χ3v) is 3.53. The van der Waals surface area contributed by atoms with Crippen molar-refractivity contribution in [1.82, 2.24) is 0 Å². The van der Waals surface area contributed by atoms with Crippen molar-refractivity contribution < 1.29 is 24.2 Å². The Morgan fingerprint density at radius 1 is 1.07 bits per heavy atom. The molecule has 0 aromatic heterocycles. The fourth-order valence-corrected chi connectivity index (χ4v) is 2.23. The lowest BCUT2D eigenvalue weighted by molar-refractivity contribution is -0.385. The molecule has 1 unspecified atom stereocenters. The molecule has 1 amide bonds. The molecule has 0 aliphatic heterocycles. The molecular weight excluding hydrogens is 358 g/mol. The molecule has 0 heterocycles. The molecule has 0 saturated heterocycles. The number of anilines is 1. The van der Waals surface area contributed by atoms with Gasteiger partial charge in [-0.25, -0.2) is 0 Å². The number of nitro groups is 2. The third kappa shape index (κ3) is 5.33. The maximum Gasteiger partial charge on any atom is 0.311 e. The van der Waals surface area contributed by atoms with E-state index < -0.39 is 27.8 Å². The Bertz CT molecular complexity index is 898. The second-order valence-electron chi connectivity index (χ2n) is 5.49. The van der Waals surface area contributed by atoms with Gasteiger partial charge in [-0.2, -0.15) is 0 Å². The number of rotatable bonds is 7. The molecule has 0 fully saturated rings. The normalized spacial score (nSPS) is 11.3. The first kappa shape index (κ1) is 19.5. The molecule has 0 spiro atoms. The van der Waals surface area contributed by atoms with Gasteiger partial charge >= 0.3 is 5.97 Å². The molecule has 0 aliphatic carbocycles. The van der Waals surface area contributed by atoms with E-state index in [9.17, 15) is 29.8 Å². The van der Waals surface area contributed by atoms with Crippen LogP contribution >= 0.6 is 0 Å². The summed E-state index contributed by atoms with van der Waals surface area (Å²) in [6, 6.07) is 11.0. The van der Waals surface area contributed by atoms with Gasteiger partial charge in [-0.3, -0.25) is 29.8 Å². The van der Waals surface area contributed by atoms with Gasteiger partial charge < -0.3 is 10.1 Å². The largest absolute Gasteiger partial charge is 0.452 e. The second kappa shape index (κ2) is 8.52. The number of para-hydroxylation sites is 1. The zero-order chi connectivity index (χ0) is 20.0. The maximum atomic E-state index is 12.1. The van der Waals surface area contributed by atoms with Gasteiger partial charge in [-0.05, 0) is 13.0 Å². The predicted octanol–water partition coefficient (Wildman–Crippen LogP) is 2.62. The van der Waals surface area contributed by atoms with Crippen molar-refractivity contribution in [2.75, 3.05) is 5.32 Å². The van der Waals surface area contributed by atoms with Crippen LogP contribution in [0.15, 0.2) is 48.5 Å². The average Bonchev–Trinajstić information content (AvgIpc) is 2.62. The van der Waals surface area contributed by atoms with Gasteiger partial charge in [0, 0.05) is 29.4 Å². The molecule has 2 aromatic carbocycles. The Balaban J connectivity index is 1.98. The predicted molar refractivity (Wildman–Crippen MR) is 94.1 cm³/mol. The van der Waals surface area contributed by atoms with E-state index >= 15 is 0 Å². The zero-order valence-corrected chi connectivity index (χ0v) is 14.2. The lowest BCUT2D eigenvalue weighted by atomic mass is 10.1. The summed E-state index contributed by atoms with van der Waals surface area (Å²) in [5.41, 5.74) is -0.0772. The quantitative estimate of drug-likeness (QED) is 0.446. The van der Waals surface area contributed by atoms with E-state index in [0.717, 1.165) is 0 Å². The minimum Gasteiger partial charge on any atom is -0.452 e. The molecule has 140 valence electrons. The highest BCUT2D eigenvalue weighted by Gasteiger charge is 2.21. The molecule has 2 aromatic rings. The number of nitro benzene ring substituents is 2. The van der Waals surface area contributed by atoms with E-state index in [1.807, 2.05) is 0 Å². The number of benzene rings is 2. The van der Waals surface area contributed by atoms with Crippen LogP contribution in [0.2, 0.25) is 0 Å². The van der Waals surface area contributed by atoms with E-state index in [0.29, 0.717) is 0 Å². The highest BCUT2D eigenvalue weighted by atomic mass is 16.6. The van der Waals surface area contributed by atoms with Crippen molar-refractivity contribution in [3.63, 3.8) is 0 Å². The van der Waals surface area contributed by atoms with E-state index in [4.69, 9.17) is 4.74 Å². The number of ether oxygens (including phenoxy) is 1. The zero-order valence-electron chi connectivity index (χ0n) is 14.2. The van der Waals surface area contributed by atoms with E-state index in [-0.39, 0.29) is 29.0 Å². The lowest BCUT2D eigenvalue weighted by Crippen LogP contribution is -2.30. The highest BCUT2D eigenvalue weighted by molar-refractivity contribution is 5.95. The Hall–Kier alpha value is -3.82. The molecule has 0 bridgehead atoms.